The highest BCUT2D eigenvalue weighted by atomic mass is 16.5. The Morgan fingerprint density at radius 3 is 2.50 bits per heavy atom. The molecule has 6 nitrogen and oxygen atoms in total. The van der Waals surface area contributed by atoms with E-state index in [0.717, 1.165) is 28.3 Å². The van der Waals surface area contributed by atoms with Crippen LogP contribution in [0.1, 0.15) is 38.4 Å². The lowest BCUT2D eigenvalue weighted by Crippen LogP contribution is -2.51. The molecule has 1 aliphatic heterocycles. The predicted molar refractivity (Wildman–Crippen MR) is 126 cm³/mol. The van der Waals surface area contributed by atoms with Gasteiger partial charge < -0.3 is 15.0 Å². The van der Waals surface area contributed by atoms with Crippen molar-refractivity contribution in [3.05, 3.63) is 66.5 Å². The van der Waals surface area contributed by atoms with Crippen LogP contribution in [0.2, 0.25) is 0 Å². The van der Waals surface area contributed by atoms with E-state index in [1.165, 1.54) is 12.8 Å². The average molecular weight is 429 g/mol. The fraction of sp³-hybridized carbons (Fsp3) is 0.346. The van der Waals surface area contributed by atoms with Crippen LogP contribution in [0.15, 0.2) is 60.8 Å². The summed E-state index contributed by atoms with van der Waals surface area (Å²) in [7, 11) is 1.60. The average Bonchev–Trinajstić information content (AvgIpc) is 3.66. The summed E-state index contributed by atoms with van der Waals surface area (Å²) in [6, 6.07) is 18.2. The van der Waals surface area contributed by atoms with Crippen molar-refractivity contribution in [2.24, 2.45) is 11.8 Å². The van der Waals surface area contributed by atoms with Gasteiger partial charge in [-0.25, -0.2) is 9.97 Å². The summed E-state index contributed by atoms with van der Waals surface area (Å²) < 4.78 is 5.19. The quantitative estimate of drug-likeness (QED) is 0.613. The van der Waals surface area contributed by atoms with Crippen molar-refractivity contribution in [1.82, 2.24) is 9.97 Å². The number of amides is 1. The Morgan fingerprint density at radius 2 is 1.88 bits per heavy atom. The van der Waals surface area contributed by atoms with Gasteiger partial charge >= 0.3 is 0 Å². The monoisotopic (exact) mass is 428 g/mol. The number of methoxy groups -OCH3 is 1. The molecule has 1 N–H and O–H groups in total. The molecule has 1 amide bonds. The molecule has 0 saturated heterocycles. The molecule has 32 heavy (non-hydrogen) atoms. The molecule has 0 bridgehead atoms. The van der Waals surface area contributed by atoms with Gasteiger partial charge in [-0.05, 0) is 49.1 Å². The highest BCUT2D eigenvalue weighted by molar-refractivity contribution is 5.94. The van der Waals surface area contributed by atoms with E-state index in [9.17, 15) is 4.79 Å². The lowest BCUT2D eigenvalue weighted by atomic mass is 9.82. The fourth-order valence-corrected chi connectivity index (χ4v) is 4.93. The van der Waals surface area contributed by atoms with Crippen LogP contribution in [0, 0.1) is 11.8 Å². The minimum atomic E-state index is -0.000225. The van der Waals surface area contributed by atoms with E-state index in [4.69, 9.17) is 9.72 Å². The SMILES string of the molecule is COc1ccc(-c2ccc3c(n2)[C@H](Nc2ccccc2)[C@@H](C)[C@H](C2CC2)N3C(C)=O)cn1. The summed E-state index contributed by atoms with van der Waals surface area (Å²) in [5, 5.41) is 3.72. The Labute approximate surface area is 188 Å². The summed E-state index contributed by atoms with van der Waals surface area (Å²) in [4.78, 5) is 24.2. The number of hydrogen-bond donors (Lipinski definition) is 1. The van der Waals surface area contributed by atoms with Crippen molar-refractivity contribution in [3.63, 3.8) is 0 Å². The van der Waals surface area contributed by atoms with Gasteiger partial charge in [0, 0.05) is 42.4 Å². The Hall–Kier alpha value is -3.41. The number of nitrogens with one attached hydrogen (secondary N) is 1. The number of para-hydroxylation sites is 1. The maximum atomic E-state index is 12.8. The number of aromatic nitrogens is 2. The molecule has 1 fully saturated rings. The third-order valence-corrected chi connectivity index (χ3v) is 6.60. The minimum Gasteiger partial charge on any atom is -0.481 e. The van der Waals surface area contributed by atoms with Crippen LogP contribution in [0.5, 0.6) is 5.88 Å². The summed E-state index contributed by atoms with van der Waals surface area (Å²) >= 11 is 0. The topological polar surface area (TPSA) is 67.3 Å². The van der Waals surface area contributed by atoms with Crippen molar-refractivity contribution in [3.8, 4) is 17.1 Å². The van der Waals surface area contributed by atoms with Gasteiger partial charge in [-0.1, -0.05) is 25.1 Å². The van der Waals surface area contributed by atoms with Gasteiger partial charge in [0.05, 0.1) is 30.2 Å². The number of ether oxygens (including phenoxy) is 1. The fourth-order valence-electron chi connectivity index (χ4n) is 4.93. The number of hydrogen-bond acceptors (Lipinski definition) is 5. The van der Waals surface area contributed by atoms with Crippen LogP contribution < -0.4 is 15.0 Å². The van der Waals surface area contributed by atoms with E-state index < -0.39 is 0 Å². The molecule has 2 aromatic heterocycles. The highest BCUT2D eigenvalue weighted by Crippen LogP contribution is 2.49. The molecular weight excluding hydrogens is 400 g/mol. The minimum absolute atomic E-state index is 0.000225. The van der Waals surface area contributed by atoms with Gasteiger partial charge in [-0.2, -0.15) is 0 Å². The van der Waals surface area contributed by atoms with Gasteiger partial charge in [0.2, 0.25) is 11.8 Å². The van der Waals surface area contributed by atoms with Crippen molar-refractivity contribution in [2.45, 2.75) is 38.8 Å². The van der Waals surface area contributed by atoms with Crippen LogP contribution >= 0.6 is 0 Å². The van der Waals surface area contributed by atoms with Crippen LogP contribution in [0.4, 0.5) is 11.4 Å². The van der Waals surface area contributed by atoms with Crippen LogP contribution in [-0.4, -0.2) is 29.0 Å². The van der Waals surface area contributed by atoms with Crippen LogP contribution in [0.25, 0.3) is 11.3 Å². The number of carbonyl (C=O) groups is 1. The third kappa shape index (κ3) is 3.70. The molecule has 0 radical (unpaired) electrons. The summed E-state index contributed by atoms with van der Waals surface area (Å²) in [6.07, 6.45) is 4.12. The molecule has 1 aliphatic carbocycles. The zero-order chi connectivity index (χ0) is 22.2. The molecule has 1 saturated carbocycles. The van der Waals surface area contributed by atoms with E-state index in [-0.39, 0.29) is 23.9 Å². The molecule has 2 aliphatic rings. The Morgan fingerprint density at radius 1 is 1.09 bits per heavy atom. The number of carbonyl (C=O) groups excluding carboxylic acids is 1. The zero-order valence-electron chi connectivity index (χ0n) is 18.7. The Balaban J connectivity index is 1.61. The van der Waals surface area contributed by atoms with Gasteiger partial charge in [0.1, 0.15) is 0 Å². The van der Waals surface area contributed by atoms with E-state index in [2.05, 4.69) is 29.4 Å². The number of fused-ring (bicyclic) bond motifs is 1. The molecular formula is C26H28N4O2. The maximum Gasteiger partial charge on any atom is 0.224 e. The van der Waals surface area contributed by atoms with Crippen molar-refractivity contribution in [2.75, 3.05) is 17.3 Å². The van der Waals surface area contributed by atoms with Gasteiger partial charge in [0.25, 0.3) is 0 Å². The molecule has 5 rings (SSSR count). The smallest absolute Gasteiger partial charge is 0.224 e. The Kier molecular flexibility index (Phi) is 5.29. The second kappa shape index (κ2) is 8.26. The highest BCUT2D eigenvalue weighted by Gasteiger charge is 2.48. The normalized spacial score (nSPS) is 22.2. The van der Waals surface area contributed by atoms with Gasteiger partial charge in [-0.15, -0.1) is 0 Å². The molecule has 3 heterocycles. The van der Waals surface area contributed by atoms with Crippen molar-refractivity contribution >= 4 is 17.3 Å². The number of anilines is 2. The first-order valence-corrected chi connectivity index (χ1v) is 11.2. The molecule has 1 aromatic carbocycles. The molecule has 164 valence electrons. The van der Waals surface area contributed by atoms with E-state index in [0.29, 0.717) is 11.8 Å². The molecule has 6 heteroatoms. The molecule has 0 spiro atoms. The number of pyridine rings is 2. The van der Waals surface area contributed by atoms with Crippen LogP contribution in [0.3, 0.4) is 0 Å². The number of rotatable bonds is 5. The maximum absolute atomic E-state index is 12.8. The third-order valence-electron chi connectivity index (χ3n) is 6.60. The van der Waals surface area contributed by atoms with Crippen molar-refractivity contribution < 1.29 is 9.53 Å². The molecule has 3 atom stereocenters. The summed E-state index contributed by atoms with van der Waals surface area (Å²) in [5.41, 5.74) is 4.62. The number of nitrogens with zero attached hydrogens (tertiary/aromatic N) is 3. The van der Waals surface area contributed by atoms with Crippen molar-refractivity contribution in [1.29, 1.82) is 0 Å². The number of benzene rings is 1. The van der Waals surface area contributed by atoms with Crippen LogP contribution in [-0.2, 0) is 4.79 Å². The van der Waals surface area contributed by atoms with Gasteiger partial charge in [0.15, 0.2) is 0 Å². The van der Waals surface area contributed by atoms with E-state index >= 15 is 0 Å². The molecule has 3 aromatic rings. The zero-order valence-corrected chi connectivity index (χ0v) is 18.7. The second-order valence-electron chi connectivity index (χ2n) is 8.75. The summed E-state index contributed by atoms with van der Waals surface area (Å²) in [5.74, 6) is 1.41. The van der Waals surface area contributed by atoms with E-state index in [1.807, 2.05) is 47.4 Å². The molecule has 0 unspecified atom stereocenters. The lowest BCUT2D eigenvalue weighted by molar-refractivity contribution is -0.117. The largest absolute Gasteiger partial charge is 0.481 e. The first-order valence-electron chi connectivity index (χ1n) is 11.2. The second-order valence-corrected chi connectivity index (χ2v) is 8.75. The van der Waals surface area contributed by atoms with E-state index in [1.54, 1.807) is 20.2 Å². The first kappa shape index (κ1) is 20.5. The lowest BCUT2D eigenvalue weighted by Gasteiger charge is -2.45. The Bertz CT molecular complexity index is 1110. The van der Waals surface area contributed by atoms with Gasteiger partial charge in [-0.3, -0.25) is 4.79 Å². The first-order chi connectivity index (χ1) is 15.6. The standard InChI is InChI=1S/C26H28N4O2/c1-16-24(28-20-7-5-4-6-8-20)25-22(30(17(2)31)26(16)18-9-10-18)13-12-21(29-25)19-11-14-23(32-3)27-15-19/h4-8,11-16,18,24,26,28H,9-10H2,1-3H3/t16-,24-,26-/m1/s1. The predicted octanol–water partition coefficient (Wildman–Crippen LogP) is 5.09. The summed E-state index contributed by atoms with van der Waals surface area (Å²) in [6.45, 7) is 3.91.